The molecule has 1 N–H and O–H groups in total. The molecule has 28 heavy (non-hydrogen) atoms. The molecule has 1 heterocycles. The summed E-state index contributed by atoms with van der Waals surface area (Å²) in [5.74, 6) is 0. The molecule has 1 aromatic heterocycles. The fourth-order valence-electron chi connectivity index (χ4n) is 3.96. The molecular formula is C25H19BrO2. The zero-order valence-electron chi connectivity index (χ0n) is 15.7. The Balaban J connectivity index is 1.79. The molecule has 0 bridgehead atoms. The standard InChI is InChI=1S/C25H19BrO2/c1-25(2,27)22-12-9-17(26)14-21(22)16-8-10-19-20-11-7-15-5-3-4-6-18(15)24(20)28-23(19)13-16/h3-14,27H,1-2H3. The maximum atomic E-state index is 10.6. The maximum absolute atomic E-state index is 10.6. The van der Waals surface area contributed by atoms with Crippen LogP contribution in [0, 0.1) is 0 Å². The number of hydrogen-bond donors (Lipinski definition) is 1. The van der Waals surface area contributed by atoms with Gasteiger partial charge in [0.1, 0.15) is 11.2 Å². The van der Waals surface area contributed by atoms with Gasteiger partial charge in [0.15, 0.2) is 0 Å². The molecule has 0 aliphatic carbocycles. The third-order valence-electron chi connectivity index (χ3n) is 5.32. The third kappa shape index (κ3) is 2.74. The average molecular weight is 431 g/mol. The lowest BCUT2D eigenvalue weighted by Gasteiger charge is -2.22. The molecule has 0 fully saturated rings. The van der Waals surface area contributed by atoms with Crippen LogP contribution in [0.5, 0.6) is 0 Å². The summed E-state index contributed by atoms with van der Waals surface area (Å²) in [6.07, 6.45) is 0. The van der Waals surface area contributed by atoms with Crippen LogP contribution in [0.1, 0.15) is 19.4 Å². The van der Waals surface area contributed by atoms with Crippen LogP contribution in [-0.4, -0.2) is 5.11 Å². The molecule has 0 radical (unpaired) electrons. The molecule has 0 amide bonds. The highest BCUT2D eigenvalue weighted by molar-refractivity contribution is 9.10. The second-order valence-electron chi connectivity index (χ2n) is 7.73. The first-order valence-electron chi connectivity index (χ1n) is 9.28. The summed E-state index contributed by atoms with van der Waals surface area (Å²) in [5.41, 5.74) is 3.74. The molecule has 0 aliphatic rings. The van der Waals surface area contributed by atoms with Crippen molar-refractivity contribution in [2.45, 2.75) is 19.4 Å². The van der Waals surface area contributed by atoms with E-state index in [2.05, 4.69) is 58.4 Å². The van der Waals surface area contributed by atoms with Gasteiger partial charge in [0, 0.05) is 20.6 Å². The van der Waals surface area contributed by atoms with Crippen LogP contribution in [0.4, 0.5) is 0 Å². The van der Waals surface area contributed by atoms with Crippen molar-refractivity contribution in [1.82, 2.24) is 0 Å². The van der Waals surface area contributed by atoms with E-state index in [1.807, 2.05) is 44.2 Å². The Morgan fingerprint density at radius 2 is 1.61 bits per heavy atom. The number of furan rings is 1. The molecule has 0 saturated carbocycles. The van der Waals surface area contributed by atoms with Gasteiger partial charge in [0.2, 0.25) is 0 Å². The first-order chi connectivity index (χ1) is 13.4. The van der Waals surface area contributed by atoms with Crippen molar-refractivity contribution in [2.75, 3.05) is 0 Å². The van der Waals surface area contributed by atoms with Crippen molar-refractivity contribution < 1.29 is 9.52 Å². The quantitative estimate of drug-likeness (QED) is 0.316. The highest BCUT2D eigenvalue weighted by atomic mass is 79.9. The Morgan fingerprint density at radius 1 is 0.821 bits per heavy atom. The van der Waals surface area contributed by atoms with E-state index in [1.165, 1.54) is 5.39 Å². The molecule has 2 nitrogen and oxygen atoms in total. The molecule has 4 aromatic carbocycles. The minimum atomic E-state index is -0.935. The van der Waals surface area contributed by atoms with E-state index in [0.717, 1.165) is 48.5 Å². The van der Waals surface area contributed by atoms with Gasteiger partial charge >= 0.3 is 0 Å². The van der Waals surface area contributed by atoms with E-state index in [4.69, 9.17) is 4.42 Å². The van der Waals surface area contributed by atoms with Crippen LogP contribution >= 0.6 is 15.9 Å². The van der Waals surface area contributed by atoms with Gasteiger partial charge in [-0.25, -0.2) is 0 Å². The average Bonchev–Trinajstić information content (AvgIpc) is 3.05. The summed E-state index contributed by atoms with van der Waals surface area (Å²) in [6.45, 7) is 3.62. The van der Waals surface area contributed by atoms with Crippen molar-refractivity contribution in [3.63, 3.8) is 0 Å². The summed E-state index contributed by atoms with van der Waals surface area (Å²) >= 11 is 3.56. The lowest BCUT2D eigenvalue weighted by atomic mass is 9.89. The summed E-state index contributed by atoms with van der Waals surface area (Å²) in [4.78, 5) is 0. The lowest BCUT2D eigenvalue weighted by molar-refractivity contribution is 0.0792. The minimum absolute atomic E-state index is 0.852. The second kappa shape index (κ2) is 6.20. The fourth-order valence-corrected chi connectivity index (χ4v) is 4.32. The third-order valence-corrected chi connectivity index (χ3v) is 5.81. The highest BCUT2D eigenvalue weighted by Crippen LogP contribution is 2.38. The van der Waals surface area contributed by atoms with Gasteiger partial charge in [0.25, 0.3) is 0 Å². The number of fused-ring (bicyclic) bond motifs is 5. The predicted octanol–water partition coefficient (Wildman–Crippen LogP) is 7.40. The molecule has 0 unspecified atom stereocenters. The Bertz CT molecular complexity index is 1360. The van der Waals surface area contributed by atoms with Gasteiger partial charge in [-0.15, -0.1) is 0 Å². The highest BCUT2D eigenvalue weighted by Gasteiger charge is 2.21. The van der Waals surface area contributed by atoms with Gasteiger partial charge in [-0.2, -0.15) is 0 Å². The van der Waals surface area contributed by atoms with Gasteiger partial charge in [-0.1, -0.05) is 58.4 Å². The van der Waals surface area contributed by atoms with Crippen molar-refractivity contribution in [2.24, 2.45) is 0 Å². The zero-order valence-corrected chi connectivity index (χ0v) is 17.2. The van der Waals surface area contributed by atoms with Crippen LogP contribution in [0.2, 0.25) is 0 Å². The molecule has 0 aliphatic heterocycles. The molecule has 3 heteroatoms. The fraction of sp³-hybridized carbons (Fsp3) is 0.120. The number of halogens is 1. The second-order valence-corrected chi connectivity index (χ2v) is 8.64. The van der Waals surface area contributed by atoms with Crippen LogP contribution < -0.4 is 0 Å². The van der Waals surface area contributed by atoms with Gasteiger partial charge in [-0.3, -0.25) is 0 Å². The van der Waals surface area contributed by atoms with E-state index in [1.54, 1.807) is 0 Å². The van der Waals surface area contributed by atoms with E-state index >= 15 is 0 Å². The lowest BCUT2D eigenvalue weighted by Crippen LogP contribution is -2.16. The smallest absolute Gasteiger partial charge is 0.143 e. The van der Waals surface area contributed by atoms with E-state index in [0.29, 0.717) is 0 Å². The molecule has 138 valence electrons. The van der Waals surface area contributed by atoms with Crippen LogP contribution in [0.3, 0.4) is 0 Å². The zero-order chi connectivity index (χ0) is 19.5. The summed E-state index contributed by atoms with van der Waals surface area (Å²) in [6, 6.07) is 24.8. The number of hydrogen-bond acceptors (Lipinski definition) is 2. The summed E-state index contributed by atoms with van der Waals surface area (Å²) in [7, 11) is 0. The maximum Gasteiger partial charge on any atom is 0.143 e. The summed E-state index contributed by atoms with van der Waals surface area (Å²) in [5, 5.41) is 15.1. The topological polar surface area (TPSA) is 33.4 Å². The Labute approximate surface area is 171 Å². The SMILES string of the molecule is CC(C)(O)c1ccc(Br)cc1-c1ccc2c(c1)oc1c3ccccc3ccc21. The van der Waals surface area contributed by atoms with Gasteiger partial charge in [-0.05, 0) is 66.3 Å². The summed E-state index contributed by atoms with van der Waals surface area (Å²) < 4.78 is 7.29. The van der Waals surface area contributed by atoms with Crippen LogP contribution in [0.25, 0.3) is 43.8 Å². The Hall–Kier alpha value is -2.62. The molecule has 0 saturated heterocycles. The van der Waals surface area contributed by atoms with E-state index in [9.17, 15) is 5.11 Å². The first-order valence-corrected chi connectivity index (χ1v) is 10.1. The van der Waals surface area contributed by atoms with Crippen molar-refractivity contribution >= 4 is 48.6 Å². The van der Waals surface area contributed by atoms with Gasteiger partial charge in [0.05, 0.1) is 5.60 Å². The first kappa shape index (κ1) is 17.5. The number of rotatable bonds is 2. The number of benzene rings is 4. The Morgan fingerprint density at radius 3 is 2.43 bits per heavy atom. The van der Waals surface area contributed by atoms with E-state index < -0.39 is 5.60 Å². The molecule has 5 rings (SSSR count). The van der Waals surface area contributed by atoms with Crippen molar-refractivity contribution in [3.05, 3.63) is 82.8 Å². The van der Waals surface area contributed by atoms with Crippen molar-refractivity contribution in [1.29, 1.82) is 0 Å². The van der Waals surface area contributed by atoms with Gasteiger partial charge < -0.3 is 9.52 Å². The van der Waals surface area contributed by atoms with E-state index in [-0.39, 0.29) is 0 Å². The Kier molecular flexibility index (Phi) is 3.87. The number of aliphatic hydroxyl groups is 1. The monoisotopic (exact) mass is 430 g/mol. The molecule has 5 aromatic rings. The van der Waals surface area contributed by atoms with Crippen LogP contribution in [-0.2, 0) is 5.60 Å². The predicted molar refractivity (Wildman–Crippen MR) is 120 cm³/mol. The minimum Gasteiger partial charge on any atom is -0.455 e. The van der Waals surface area contributed by atoms with Crippen molar-refractivity contribution in [3.8, 4) is 11.1 Å². The molecular weight excluding hydrogens is 412 g/mol. The van der Waals surface area contributed by atoms with Crippen LogP contribution in [0.15, 0.2) is 81.7 Å². The molecule has 0 atom stereocenters. The normalized spacial score (nSPS) is 12.3. The largest absolute Gasteiger partial charge is 0.455 e. The molecule has 0 spiro atoms.